The lowest BCUT2D eigenvalue weighted by Gasteiger charge is -2.26. The van der Waals surface area contributed by atoms with Gasteiger partial charge < -0.3 is 9.84 Å². The smallest absolute Gasteiger partial charge is 0.342 e. The summed E-state index contributed by atoms with van der Waals surface area (Å²) in [6, 6.07) is 0. The summed E-state index contributed by atoms with van der Waals surface area (Å²) in [5.74, 6) is -0.298. The summed E-state index contributed by atoms with van der Waals surface area (Å²) >= 11 is 0. The van der Waals surface area contributed by atoms with Gasteiger partial charge in [0.25, 0.3) is 0 Å². The van der Waals surface area contributed by atoms with Crippen LogP contribution in [0.25, 0.3) is 0 Å². The molecule has 0 amide bonds. The van der Waals surface area contributed by atoms with E-state index in [1.54, 1.807) is 0 Å². The molecule has 2 rings (SSSR count). The van der Waals surface area contributed by atoms with Crippen molar-refractivity contribution in [3.8, 4) is 0 Å². The molecule has 4 nitrogen and oxygen atoms in total. The number of carbonyl (C=O) groups is 2. The van der Waals surface area contributed by atoms with Crippen molar-refractivity contribution in [3.63, 3.8) is 0 Å². The number of ketones is 1. The molecule has 0 fully saturated rings. The lowest BCUT2D eigenvalue weighted by Crippen LogP contribution is -2.34. The first kappa shape index (κ1) is 15.0. The van der Waals surface area contributed by atoms with Crippen LogP contribution in [0.1, 0.15) is 52.4 Å². The molecule has 1 aliphatic heterocycles. The summed E-state index contributed by atoms with van der Waals surface area (Å²) in [5.41, 5.74) is 1.12. The molecule has 1 N–H and O–H groups in total. The maximum atomic E-state index is 12.0. The van der Waals surface area contributed by atoms with Crippen molar-refractivity contribution in [1.82, 2.24) is 0 Å². The van der Waals surface area contributed by atoms with Crippen molar-refractivity contribution >= 4 is 11.8 Å². The Labute approximate surface area is 119 Å². The second-order valence-corrected chi connectivity index (χ2v) is 5.45. The molecule has 1 heterocycles. The average Bonchev–Trinajstić information content (AvgIpc) is 2.74. The fourth-order valence-electron chi connectivity index (χ4n) is 2.90. The number of Topliss-reactive ketones (excluding diaryl/α,β-unsaturated/α-hetero) is 1. The minimum atomic E-state index is -1.00. The SMILES string of the molecule is CCC/C=C1/OC(=O)C2=C1CC[C@H](C(=O)CCC)[C@@H]2O. The van der Waals surface area contributed by atoms with Gasteiger partial charge in [0.05, 0.1) is 11.7 Å². The van der Waals surface area contributed by atoms with Gasteiger partial charge in [0.1, 0.15) is 11.5 Å². The summed E-state index contributed by atoms with van der Waals surface area (Å²) in [4.78, 5) is 23.9. The molecule has 0 saturated carbocycles. The van der Waals surface area contributed by atoms with Crippen LogP contribution in [0.15, 0.2) is 23.0 Å². The molecule has 0 radical (unpaired) electrons. The van der Waals surface area contributed by atoms with Gasteiger partial charge in [-0.2, -0.15) is 0 Å². The Kier molecular flexibility index (Phi) is 4.76. The lowest BCUT2D eigenvalue weighted by molar-refractivity contribution is -0.135. The van der Waals surface area contributed by atoms with Gasteiger partial charge in [-0.05, 0) is 31.8 Å². The van der Waals surface area contributed by atoms with E-state index in [0.29, 0.717) is 30.6 Å². The molecular weight excluding hydrogens is 256 g/mol. The first-order valence-electron chi connectivity index (χ1n) is 7.46. The molecule has 110 valence electrons. The van der Waals surface area contributed by atoms with Crippen molar-refractivity contribution in [2.75, 3.05) is 0 Å². The molecule has 4 heteroatoms. The predicted molar refractivity (Wildman–Crippen MR) is 74.8 cm³/mol. The van der Waals surface area contributed by atoms with Crippen LogP contribution in [0.4, 0.5) is 0 Å². The van der Waals surface area contributed by atoms with E-state index in [1.165, 1.54) is 0 Å². The number of esters is 1. The van der Waals surface area contributed by atoms with E-state index >= 15 is 0 Å². The van der Waals surface area contributed by atoms with Crippen LogP contribution in [-0.2, 0) is 14.3 Å². The minimum absolute atomic E-state index is 0.0466. The third kappa shape index (κ3) is 2.70. The summed E-state index contributed by atoms with van der Waals surface area (Å²) in [5, 5.41) is 10.3. The van der Waals surface area contributed by atoms with Gasteiger partial charge in [-0.1, -0.05) is 20.3 Å². The highest BCUT2D eigenvalue weighted by Gasteiger charge is 2.43. The number of carbonyl (C=O) groups excluding carboxylic acids is 2. The highest BCUT2D eigenvalue weighted by Crippen LogP contribution is 2.40. The number of aliphatic hydroxyl groups excluding tert-OH is 1. The Bertz CT molecular complexity index is 473. The second-order valence-electron chi connectivity index (χ2n) is 5.45. The van der Waals surface area contributed by atoms with Crippen LogP contribution in [-0.4, -0.2) is 23.0 Å². The van der Waals surface area contributed by atoms with Crippen molar-refractivity contribution in [2.45, 2.75) is 58.5 Å². The Balaban J connectivity index is 2.24. The average molecular weight is 278 g/mol. The summed E-state index contributed by atoms with van der Waals surface area (Å²) in [6.07, 6.45) is 5.17. The Morgan fingerprint density at radius 3 is 2.80 bits per heavy atom. The van der Waals surface area contributed by atoms with Crippen molar-refractivity contribution < 1.29 is 19.4 Å². The normalized spacial score (nSPS) is 27.8. The Hall–Kier alpha value is -1.42. The fraction of sp³-hybridized carbons (Fsp3) is 0.625. The van der Waals surface area contributed by atoms with Gasteiger partial charge in [-0.3, -0.25) is 4.79 Å². The maximum Gasteiger partial charge on any atom is 0.342 e. The van der Waals surface area contributed by atoms with E-state index in [-0.39, 0.29) is 5.78 Å². The van der Waals surface area contributed by atoms with Crippen molar-refractivity contribution in [2.24, 2.45) is 5.92 Å². The number of rotatable bonds is 5. The number of cyclic esters (lactones) is 1. The second kappa shape index (κ2) is 6.35. The third-order valence-corrected chi connectivity index (χ3v) is 3.96. The topological polar surface area (TPSA) is 63.6 Å². The summed E-state index contributed by atoms with van der Waals surface area (Å²) in [6.45, 7) is 3.99. The number of hydrogen-bond acceptors (Lipinski definition) is 4. The van der Waals surface area contributed by atoms with Crippen LogP contribution in [0, 0.1) is 5.92 Å². The molecule has 0 aromatic rings. The number of unbranched alkanes of at least 4 members (excludes halogenated alkanes) is 1. The van der Waals surface area contributed by atoms with Gasteiger partial charge in [0.2, 0.25) is 0 Å². The number of ether oxygens (including phenoxy) is 1. The number of hydrogen-bond donors (Lipinski definition) is 1. The van der Waals surface area contributed by atoms with Gasteiger partial charge in [0, 0.05) is 17.9 Å². The zero-order valence-electron chi connectivity index (χ0n) is 12.1. The quantitative estimate of drug-likeness (QED) is 0.785. The zero-order chi connectivity index (χ0) is 14.7. The van der Waals surface area contributed by atoms with Gasteiger partial charge >= 0.3 is 5.97 Å². The summed E-state index contributed by atoms with van der Waals surface area (Å²) < 4.78 is 5.25. The lowest BCUT2D eigenvalue weighted by atomic mass is 9.78. The molecule has 2 atom stereocenters. The minimum Gasteiger partial charge on any atom is -0.423 e. The number of allylic oxidation sites excluding steroid dienone is 2. The van der Waals surface area contributed by atoms with Crippen LogP contribution in [0.3, 0.4) is 0 Å². The number of aliphatic hydroxyl groups is 1. The monoisotopic (exact) mass is 278 g/mol. The van der Waals surface area contributed by atoms with Crippen LogP contribution < -0.4 is 0 Å². The zero-order valence-corrected chi connectivity index (χ0v) is 12.1. The van der Waals surface area contributed by atoms with E-state index in [4.69, 9.17) is 4.74 Å². The maximum absolute atomic E-state index is 12.0. The standard InChI is InChI=1S/C16H22O4/c1-3-5-7-13-11-9-8-10(12(17)6-4-2)15(18)14(11)16(19)20-13/h7,10,15,18H,3-6,8-9H2,1-2H3/b13-7+/t10-,15+/m1/s1. The molecule has 0 spiro atoms. The summed E-state index contributed by atoms with van der Waals surface area (Å²) in [7, 11) is 0. The van der Waals surface area contributed by atoms with E-state index in [1.807, 2.05) is 13.0 Å². The van der Waals surface area contributed by atoms with Crippen LogP contribution in [0.5, 0.6) is 0 Å². The van der Waals surface area contributed by atoms with Gasteiger partial charge in [0.15, 0.2) is 0 Å². The highest BCUT2D eigenvalue weighted by atomic mass is 16.5. The fourth-order valence-corrected chi connectivity index (χ4v) is 2.90. The van der Waals surface area contributed by atoms with Crippen LogP contribution in [0.2, 0.25) is 0 Å². The van der Waals surface area contributed by atoms with Gasteiger partial charge in [-0.15, -0.1) is 0 Å². The molecule has 2 aliphatic rings. The highest BCUT2D eigenvalue weighted by molar-refractivity contribution is 5.97. The molecule has 0 saturated heterocycles. The first-order valence-corrected chi connectivity index (χ1v) is 7.46. The molecule has 0 bridgehead atoms. The molecule has 0 aromatic carbocycles. The predicted octanol–water partition coefficient (Wildman–Crippen LogP) is 2.66. The van der Waals surface area contributed by atoms with Gasteiger partial charge in [-0.25, -0.2) is 4.79 Å². The van der Waals surface area contributed by atoms with Crippen molar-refractivity contribution in [1.29, 1.82) is 0 Å². The molecule has 1 aliphatic carbocycles. The Morgan fingerprint density at radius 2 is 2.15 bits per heavy atom. The van der Waals surface area contributed by atoms with E-state index < -0.39 is 18.0 Å². The molecular formula is C16H22O4. The molecule has 0 unspecified atom stereocenters. The van der Waals surface area contributed by atoms with E-state index in [9.17, 15) is 14.7 Å². The molecule has 20 heavy (non-hydrogen) atoms. The van der Waals surface area contributed by atoms with E-state index in [2.05, 4.69) is 6.92 Å². The third-order valence-electron chi connectivity index (χ3n) is 3.96. The van der Waals surface area contributed by atoms with Crippen LogP contribution >= 0.6 is 0 Å². The van der Waals surface area contributed by atoms with E-state index in [0.717, 1.165) is 24.8 Å². The molecule has 0 aromatic heterocycles. The first-order chi connectivity index (χ1) is 9.60. The van der Waals surface area contributed by atoms with Crippen molar-refractivity contribution in [3.05, 3.63) is 23.0 Å². The Morgan fingerprint density at radius 1 is 1.40 bits per heavy atom. The largest absolute Gasteiger partial charge is 0.423 e.